The Labute approximate surface area is 134 Å². The standard InChI is InChI=1S/C16H18N2O4S/c1-11-14(15(18-22-11)13-5-3-2-4-6-13)16(19)17-9-12-7-8-23(20,21)10-12/h2-6,12H,7-10H2,1H3,(H,17,19). The molecule has 0 saturated carbocycles. The number of sulfone groups is 1. The second kappa shape index (κ2) is 6.16. The van der Waals surface area contributed by atoms with Crippen LogP contribution in [0.4, 0.5) is 0 Å². The number of hydrogen-bond donors (Lipinski definition) is 1. The Morgan fingerprint density at radius 2 is 2.09 bits per heavy atom. The minimum atomic E-state index is -2.94. The van der Waals surface area contributed by atoms with Gasteiger partial charge in [-0.2, -0.15) is 0 Å². The second-order valence-electron chi connectivity index (χ2n) is 5.81. The zero-order valence-electron chi connectivity index (χ0n) is 12.8. The second-order valence-corrected chi connectivity index (χ2v) is 8.04. The van der Waals surface area contributed by atoms with Crippen molar-refractivity contribution in [2.45, 2.75) is 13.3 Å². The molecule has 0 bridgehead atoms. The predicted molar refractivity (Wildman–Crippen MR) is 85.8 cm³/mol. The molecule has 1 atom stereocenters. The fourth-order valence-corrected chi connectivity index (χ4v) is 4.65. The number of rotatable bonds is 4. The maximum absolute atomic E-state index is 12.5. The van der Waals surface area contributed by atoms with Crippen LogP contribution in [-0.2, 0) is 9.84 Å². The molecule has 2 heterocycles. The van der Waals surface area contributed by atoms with Crippen molar-refractivity contribution in [1.82, 2.24) is 10.5 Å². The Bertz CT molecular complexity index is 812. The lowest BCUT2D eigenvalue weighted by Gasteiger charge is -2.09. The number of nitrogens with one attached hydrogen (secondary N) is 1. The molecule has 1 unspecified atom stereocenters. The van der Waals surface area contributed by atoms with Gasteiger partial charge < -0.3 is 9.84 Å². The van der Waals surface area contributed by atoms with Gasteiger partial charge in [-0.1, -0.05) is 35.5 Å². The van der Waals surface area contributed by atoms with Gasteiger partial charge in [-0.3, -0.25) is 4.79 Å². The molecule has 122 valence electrons. The van der Waals surface area contributed by atoms with E-state index >= 15 is 0 Å². The molecule has 1 aromatic carbocycles. The average Bonchev–Trinajstić information content (AvgIpc) is 3.08. The van der Waals surface area contributed by atoms with Gasteiger partial charge >= 0.3 is 0 Å². The van der Waals surface area contributed by atoms with E-state index in [2.05, 4.69) is 10.5 Å². The molecule has 0 radical (unpaired) electrons. The molecule has 7 heteroatoms. The molecule has 1 N–H and O–H groups in total. The van der Waals surface area contributed by atoms with Crippen LogP contribution in [0.5, 0.6) is 0 Å². The van der Waals surface area contributed by atoms with Gasteiger partial charge in [-0.25, -0.2) is 8.42 Å². The van der Waals surface area contributed by atoms with Gasteiger partial charge in [0.25, 0.3) is 5.91 Å². The summed E-state index contributed by atoms with van der Waals surface area (Å²) >= 11 is 0. The summed E-state index contributed by atoms with van der Waals surface area (Å²) in [6.07, 6.45) is 0.594. The smallest absolute Gasteiger partial charge is 0.257 e. The van der Waals surface area contributed by atoms with Gasteiger partial charge in [0.2, 0.25) is 0 Å². The Hall–Kier alpha value is -2.15. The van der Waals surface area contributed by atoms with Crippen LogP contribution in [0.1, 0.15) is 22.5 Å². The van der Waals surface area contributed by atoms with E-state index in [0.29, 0.717) is 30.0 Å². The van der Waals surface area contributed by atoms with Crippen LogP contribution in [0, 0.1) is 12.8 Å². The predicted octanol–water partition coefficient (Wildman–Crippen LogP) is 1.81. The van der Waals surface area contributed by atoms with Crippen molar-refractivity contribution in [3.63, 3.8) is 0 Å². The number of benzene rings is 1. The van der Waals surface area contributed by atoms with Crippen LogP contribution < -0.4 is 5.32 Å². The summed E-state index contributed by atoms with van der Waals surface area (Å²) in [5.41, 5.74) is 1.70. The molecule has 0 spiro atoms. The fraction of sp³-hybridized carbons (Fsp3) is 0.375. The number of carbonyl (C=O) groups excluding carboxylic acids is 1. The van der Waals surface area contributed by atoms with E-state index in [1.807, 2.05) is 30.3 Å². The molecule has 1 saturated heterocycles. The number of amides is 1. The summed E-state index contributed by atoms with van der Waals surface area (Å²) in [5, 5.41) is 6.79. The van der Waals surface area contributed by atoms with Crippen LogP contribution in [0.15, 0.2) is 34.9 Å². The molecule has 1 amide bonds. The minimum Gasteiger partial charge on any atom is -0.360 e. The summed E-state index contributed by atoms with van der Waals surface area (Å²) in [4.78, 5) is 12.5. The number of hydrogen-bond acceptors (Lipinski definition) is 5. The van der Waals surface area contributed by atoms with Crippen molar-refractivity contribution in [1.29, 1.82) is 0 Å². The van der Waals surface area contributed by atoms with Crippen LogP contribution in [-0.4, -0.2) is 37.5 Å². The van der Waals surface area contributed by atoms with E-state index < -0.39 is 9.84 Å². The third kappa shape index (κ3) is 3.44. The number of aryl methyl sites for hydroxylation is 1. The molecule has 1 aromatic heterocycles. The van der Waals surface area contributed by atoms with E-state index in [1.165, 1.54) is 0 Å². The Morgan fingerprint density at radius 1 is 1.35 bits per heavy atom. The van der Waals surface area contributed by atoms with E-state index in [0.717, 1.165) is 5.56 Å². The van der Waals surface area contributed by atoms with E-state index in [-0.39, 0.29) is 23.3 Å². The lowest BCUT2D eigenvalue weighted by molar-refractivity contribution is 0.0947. The van der Waals surface area contributed by atoms with E-state index in [1.54, 1.807) is 6.92 Å². The van der Waals surface area contributed by atoms with Crippen LogP contribution in [0.2, 0.25) is 0 Å². The Balaban J connectivity index is 1.74. The molecule has 23 heavy (non-hydrogen) atoms. The highest BCUT2D eigenvalue weighted by molar-refractivity contribution is 7.91. The highest BCUT2D eigenvalue weighted by Gasteiger charge is 2.29. The maximum atomic E-state index is 12.5. The van der Waals surface area contributed by atoms with Gasteiger partial charge in [-0.15, -0.1) is 0 Å². The molecule has 6 nitrogen and oxygen atoms in total. The summed E-state index contributed by atoms with van der Waals surface area (Å²) in [7, 11) is -2.94. The lowest BCUT2D eigenvalue weighted by atomic mass is 10.1. The van der Waals surface area contributed by atoms with Crippen molar-refractivity contribution in [3.8, 4) is 11.3 Å². The van der Waals surface area contributed by atoms with Gasteiger partial charge in [0.05, 0.1) is 11.5 Å². The van der Waals surface area contributed by atoms with Gasteiger partial charge in [-0.05, 0) is 19.3 Å². The molecule has 1 aliphatic rings. The zero-order chi connectivity index (χ0) is 16.4. The monoisotopic (exact) mass is 334 g/mol. The molecule has 2 aromatic rings. The van der Waals surface area contributed by atoms with Crippen molar-refractivity contribution < 1.29 is 17.7 Å². The largest absolute Gasteiger partial charge is 0.360 e. The quantitative estimate of drug-likeness (QED) is 0.921. The van der Waals surface area contributed by atoms with Gasteiger partial charge in [0, 0.05) is 12.1 Å². The summed E-state index contributed by atoms with van der Waals surface area (Å²) in [6, 6.07) is 9.33. The van der Waals surface area contributed by atoms with Gasteiger partial charge in [0.1, 0.15) is 17.0 Å². The maximum Gasteiger partial charge on any atom is 0.257 e. The van der Waals surface area contributed by atoms with Crippen LogP contribution in [0.3, 0.4) is 0 Å². The molecular weight excluding hydrogens is 316 g/mol. The molecule has 1 aliphatic heterocycles. The highest BCUT2D eigenvalue weighted by Crippen LogP contribution is 2.25. The minimum absolute atomic E-state index is 0.0238. The van der Waals surface area contributed by atoms with Crippen molar-refractivity contribution >= 4 is 15.7 Å². The van der Waals surface area contributed by atoms with Crippen molar-refractivity contribution in [2.75, 3.05) is 18.1 Å². The molecule has 1 fully saturated rings. The Kier molecular flexibility index (Phi) is 4.21. The first-order valence-corrected chi connectivity index (χ1v) is 9.29. The lowest BCUT2D eigenvalue weighted by Crippen LogP contribution is -2.30. The van der Waals surface area contributed by atoms with Crippen LogP contribution in [0.25, 0.3) is 11.3 Å². The SMILES string of the molecule is Cc1onc(-c2ccccc2)c1C(=O)NCC1CCS(=O)(=O)C1. The molecule has 3 rings (SSSR count). The molecular formula is C16H18N2O4S. The normalized spacial score (nSPS) is 19.6. The third-order valence-electron chi connectivity index (χ3n) is 4.02. The number of aromatic nitrogens is 1. The van der Waals surface area contributed by atoms with Crippen LogP contribution >= 0.6 is 0 Å². The third-order valence-corrected chi connectivity index (χ3v) is 5.85. The first kappa shape index (κ1) is 15.7. The summed E-state index contributed by atoms with van der Waals surface area (Å²) in [5.74, 6) is 0.480. The first-order valence-electron chi connectivity index (χ1n) is 7.46. The zero-order valence-corrected chi connectivity index (χ0v) is 13.6. The van der Waals surface area contributed by atoms with Gasteiger partial charge in [0.15, 0.2) is 9.84 Å². The fourth-order valence-electron chi connectivity index (χ4n) is 2.79. The van der Waals surface area contributed by atoms with Crippen molar-refractivity contribution in [3.05, 3.63) is 41.7 Å². The summed E-state index contributed by atoms with van der Waals surface area (Å²) < 4.78 is 28.1. The average molecular weight is 334 g/mol. The topological polar surface area (TPSA) is 89.3 Å². The van der Waals surface area contributed by atoms with E-state index in [9.17, 15) is 13.2 Å². The number of carbonyl (C=O) groups is 1. The highest BCUT2D eigenvalue weighted by atomic mass is 32.2. The van der Waals surface area contributed by atoms with E-state index in [4.69, 9.17) is 4.52 Å². The Morgan fingerprint density at radius 3 is 2.74 bits per heavy atom. The van der Waals surface area contributed by atoms with Crippen molar-refractivity contribution in [2.24, 2.45) is 5.92 Å². The molecule has 0 aliphatic carbocycles. The number of nitrogens with zero attached hydrogens (tertiary/aromatic N) is 1. The first-order chi connectivity index (χ1) is 11.0. The summed E-state index contributed by atoms with van der Waals surface area (Å²) in [6.45, 7) is 2.03.